The minimum atomic E-state index is -0.841. The van der Waals surface area contributed by atoms with Gasteiger partial charge >= 0.3 is 11.3 Å². The van der Waals surface area contributed by atoms with E-state index in [-0.39, 0.29) is 19.3 Å². The highest BCUT2D eigenvalue weighted by molar-refractivity contribution is 5.83. The molecule has 0 aliphatic heterocycles. The topological polar surface area (TPSA) is 118 Å². The van der Waals surface area contributed by atoms with Gasteiger partial charge in [-0.25, -0.2) is 9.59 Å². The molecule has 6 aromatic rings. The zero-order valence-corrected chi connectivity index (χ0v) is 34.3. The molecule has 310 valence electrons. The summed E-state index contributed by atoms with van der Waals surface area (Å²) < 4.78 is 34.9. The molecule has 0 spiro atoms. The average molecular weight is 801 g/mol. The van der Waals surface area contributed by atoms with Crippen molar-refractivity contribution in [2.45, 2.75) is 90.3 Å². The molecule has 0 radical (unpaired) electrons. The minimum Gasteiger partial charge on any atom is -0.499 e. The highest BCUT2D eigenvalue weighted by Crippen LogP contribution is 2.27. The third-order valence-corrected chi connectivity index (χ3v) is 10.4. The van der Waals surface area contributed by atoms with Crippen molar-refractivity contribution in [3.05, 3.63) is 142 Å². The van der Waals surface area contributed by atoms with Crippen molar-refractivity contribution < 1.29 is 32.9 Å². The van der Waals surface area contributed by atoms with Crippen LogP contribution in [0.15, 0.2) is 128 Å². The van der Waals surface area contributed by atoms with E-state index in [2.05, 4.69) is 44.7 Å². The molecule has 6 rings (SSSR count). The molecular weight excluding hydrogens is 745 g/mol. The standard InChI is InChI=1S/C50H56O9/c1-4-7-9-11-35-13-17-37(18-14-35)45-29-39-21-23-43(31-47(39)58-49(45)52)55-27-25-42(57-34-41(51)33-54-6-3)26-28-56-44-24-22-40-30-46(50(53)59-48(40)32-44)38-19-15-36(16-20-38)12-10-8-5-2/h6,13-24,29-32,41-42,51H,3-5,7-12,25-28,33-34H2,1-2H3. The lowest BCUT2D eigenvalue weighted by molar-refractivity contribution is -0.0419. The lowest BCUT2D eigenvalue weighted by Crippen LogP contribution is -2.27. The number of aliphatic hydroxyl groups excluding tert-OH is 1. The minimum absolute atomic E-state index is 0.0502. The zero-order valence-electron chi connectivity index (χ0n) is 34.3. The van der Waals surface area contributed by atoms with Crippen LogP contribution in [0.2, 0.25) is 0 Å². The van der Waals surface area contributed by atoms with Gasteiger partial charge in [0.2, 0.25) is 0 Å². The number of aliphatic hydroxyl groups is 1. The summed E-state index contributed by atoms with van der Waals surface area (Å²) in [5.41, 5.74) is 5.28. The van der Waals surface area contributed by atoms with Crippen LogP contribution in [0.3, 0.4) is 0 Å². The van der Waals surface area contributed by atoms with Gasteiger partial charge in [-0.15, -0.1) is 0 Å². The first-order chi connectivity index (χ1) is 28.8. The fourth-order valence-corrected chi connectivity index (χ4v) is 7.03. The highest BCUT2D eigenvalue weighted by atomic mass is 16.5. The molecule has 0 saturated carbocycles. The number of hydrogen-bond donors (Lipinski definition) is 1. The first-order valence-corrected chi connectivity index (χ1v) is 21.0. The fraction of sp³-hybridized carbons (Fsp3) is 0.360. The summed E-state index contributed by atoms with van der Waals surface area (Å²) in [7, 11) is 0. The molecule has 59 heavy (non-hydrogen) atoms. The maximum Gasteiger partial charge on any atom is 0.344 e. The van der Waals surface area contributed by atoms with E-state index in [0.29, 0.717) is 59.8 Å². The van der Waals surface area contributed by atoms with Crippen molar-refractivity contribution in [1.29, 1.82) is 0 Å². The molecule has 9 nitrogen and oxygen atoms in total. The predicted molar refractivity (Wildman–Crippen MR) is 234 cm³/mol. The molecular formula is C50H56O9. The lowest BCUT2D eigenvalue weighted by atomic mass is 10.0. The van der Waals surface area contributed by atoms with Gasteiger partial charge < -0.3 is 32.9 Å². The Kier molecular flexibility index (Phi) is 16.0. The maximum absolute atomic E-state index is 13.0. The monoisotopic (exact) mass is 800 g/mol. The normalized spacial score (nSPS) is 11.9. The smallest absolute Gasteiger partial charge is 0.344 e. The Hall–Kier alpha value is -5.64. The number of unbranched alkanes of at least 4 members (excludes halogenated alkanes) is 4. The number of hydrogen-bond acceptors (Lipinski definition) is 9. The molecule has 9 heteroatoms. The van der Waals surface area contributed by atoms with Gasteiger partial charge in [0.15, 0.2) is 0 Å². The number of benzene rings is 4. The average Bonchev–Trinajstić information content (AvgIpc) is 3.25. The summed E-state index contributed by atoms with van der Waals surface area (Å²) in [6.45, 7) is 8.62. The van der Waals surface area contributed by atoms with Crippen LogP contribution in [0.5, 0.6) is 11.5 Å². The Morgan fingerprint density at radius 1 is 0.627 bits per heavy atom. The molecule has 0 aliphatic rings. The van der Waals surface area contributed by atoms with E-state index < -0.39 is 17.4 Å². The van der Waals surface area contributed by atoms with E-state index >= 15 is 0 Å². The highest BCUT2D eigenvalue weighted by Gasteiger charge is 2.16. The van der Waals surface area contributed by atoms with E-state index in [4.69, 9.17) is 27.8 Å². The number of aryl methyl sites for hydroxylation is 2. The van der Waals surface area contributed by atoms with Crippen molar-refractivity contribution in [3.63, 3.8) is 0 Å². The SMILES string of the molecule is C=COCC(O)COC(CCOc1ccc2cc(-c3ccc(CCCCC)cc3)c(=O)oc2c1)CCOc1ccc2cc(-c3ccc(CCCCC)cc3)c(=O)oc2c1. The molecule has 0 saturated heterocycles. The molecule has 0 fully saturated rings. The van der Waals surface area contributed by atoms with Crippen molar-refractivity contribution in [2.24, 2.45) is 0 Å². The van der Waals surface area contributed by atoms with Crippen LogP contribution in [0.25, 0.3) is 44.2 Å². The van der Waals surface area contributed by atoms with Gasteiger partial charge in [-0.2, -0.15) is 0 Å². The Labute approximate surface area is 346 Å². The van der Waals surface area contributed by atoms with E-state index in [1.54, 1.807) is 12.1 Å². The summed E-state index contributed by atoms with van der Waals surface area (Å²) in [4.78, 5) is 26.1. The quantitative estimate of drug-likeness (QED) is 0.0363. The maximum atomic E-state index is 13.0. The van der Waals surface area contributed by atoms with Gasteiger partial charge in [0.25, 0.3) is 0 Å². The number of rotatable bonds is 24. The molecule has 1 unspecified atom stereocenters. The van der Waals surface area contributed by atoms with E-state index in [1.165, 1.54) is 43.1 Å². The molecule has 0 amide bonds. The van der Waals surface area contributed by atoms with Crippen LogP contribution in [-0.4, -0.2) is 43.7 Å². The predicted octanol–water partition coefficient (Wildman–Crippen LogP) is 10.8. The third kappa shape index (κ3) is 12.4. The first-order valence-electron chi connectivity index (χ1n) is 21.0. The van der Waals surface area contributed by atoms with Gasteiger partial charge in [-0.1, -0.05) is 94.6 Å². The van der Waals surface area contributed by atoms with E-state index in [9.17, 15) is 14.7 Å². The second kappa shape index (κ2) is 21.9. The fourth-order valence-electron chi connectivity index (χ4n) is 7.03. The van der Waals surface area contributed by atoms with Crippen molar-refractivity contribution in [3.8, 4) is 33.8 Å². The van der Waals surface area contributed by atoms with Gasteiger partial charge in [0.05, 0.1) is 43.3 Å². The van der Waals surface area contributed by atoms with Crippen molar-refractivity contribution in [1.82, 2.24) is 0 Å². The van der Waals surface area contributed by atoms with Gasteiger partial charge in [0.1, 0.15) is 35.4 Å². The summed E-state index contributed by atoms with van der Waals surface area (Å²) in [5.74, 6) is 1.11. The first kappa shape index (κ1) is 43.0. The Bertz CT molecular complexity index is 2200. The Morgan fingerprint density at radius 2 is 1.10 bits per heavy atom. The zero-order chi connectivity index (χ0) is 41.4. The van der Waals surface area contributed by atoms with Gasteiger partial charge in [-0.05, 0) is 84.3 Å². The molecule has 1 atom stereocenters. The molecule has 2 aromatic heterocycles. The van der Waals surface area contributed by atoms with Gasteiger partial charge in [0, 0.05) is 35.7 Å². The third-order valence-electron chi connectivity index (χ3n) is 10.4. The summed E-state index contributed by atoms with van der Waals surface area (Å²) >= 11 is 0. The second-order valence-corrected chi connectivity index (χ2v) is 15.0. The Balaban J connectivity index is 1.05. The molecule has 4 aromatic carbocycles. The Morgan fingerprint density at radius 3 is 1.54 bits per heavy atom. The van der Waals surface area contributed by atoms with E-state index in [0.717, 1.165) is 47.6 Å². The molecule has 0 bridgehead atoms. The molecule has 2 heterocycles. The van der Waals surface area contributed by atoms with E-state index in [1.807, 2.05) is 60.7 Å². The van der Waals surface area contributed by atoms with Crippen LogP contribution < -0.4 is 20.7 Å². The van der Waals surface area contributed by atoms with Crippen LogP contribution >= 0.6 is 0 Å². The van der Waals surface area contributed by atoms with Crippen LogP contribution in [0.1, 0.15) is 76.3 Å². The second-order valence-electron chi connectivity index (χ2n) is 15.0. The summed E-state index contributed by atoms with van der Waals surface area (Å²) in [6.07, 6.45) is 10.2. The molecule has 0 aliphatic carbocycles. The van der Waals surface area contributed by atoms with Gasteiger partial charge in [-0.3, -0.25) is 0 Å². The summed E-state index contributed by atoms with van der Waals surface area (Å²) in [6, 6.07) is 30.9. The van der Waals surface area contributed by atoms with Crippen LogP contribution in [-0.2, 0) is 22.3 Å². The van der Waals surface area contributed by atoms with Crippen LogP contribution in [0.4, 0.5) is 0 Å². The van der Waals surface area contributed by atoms with Crippen molar-refractivity contribution in [2.75, 3.05) is 26.4 Å². The van der Waals surface area contributed by atoms with Crippen molar-refractivity contribution >= 4 is 21.9 Å². The summed E-state index contributed by atoms with van der Waals surface area (Å²) in [5, 5.41) is 11.9. The number of fused-ring (bicyclic) bond motifs is 2. The number of ether oxygens (including phenoxy) is 4. The van der Waals surface area contributed by atoms with Crippen LogP contribution in [0, 0.1) is 0 Å². The lowest BCUT2D eigenvalue weighted by Gasteiger charge is -2.20. The molecule has 1 N–H and O–H groups in total. The largest absolute Gasteiger partial charge is 0.499 e.